The number of nitrogen functional groups attached to an aromatic ring is 1. The molecule has 19 heavy (non-hydrogen) atoms. The van der Waals surface area contributed by atoms with E-state index in [1.807, 2.05) is 30.3 Å². The van der Waals surface area contributed by atoms with Crippen molar-refractivity contribution in [3.63, 3.8) is 0 Å². The molecule has 0 saturated carbocycles. The third-order valence-corrected chi connectivity index (χ3v) is 2.34. The smallest absolute Gasteiger partial charge is 0.158 e. The highest BCUT2D eigenvalue weighted by atomic mass is 16.5. The van der Waals surface area contributed by atoms with Gasteiger partial charge in [0, 0.05) is 0 Å². The molecule has 0 aliphatic heterocycles. The zero-order chi connectivity index (χ0) is 13.3. The minimum Gasteiger partial charge on any atom is -0.491 e. The summed E-state index contributed by atoms with van der Waals surface area (Å²) in [6.45, 7) is 1.39. The van der Waals surface area contributed by atoms with Gasteiger partial charge < -0.3 is 14.9 Å². The van der Waals surface area contributed by atoms with E-state index in [2.05, 4.69) is 15.4 Å². The zero-order valence-corrected chi connectivity index (χ0v) is 10.5. The van der Waals surface area contributed by atoms with E-state index >= 15 is 0 Å². The Balaban J connectivity index is 1.63. The molecule has 0 amide bonds. The van der Waals surface area contributed by atoms with Crippen molar-refractivity contribution in [3.05, 3.63) is 48.4 Å². The number of nitrogens with one attached hydrogen (secondary N) is 1. The van der Waals surface area contributed by atoms with Crippen LogP contribution in [-0.2, 0) is 11.3 Å². The summed E-state index contributed by atoms with van der Waals surface area (Å²) in [5.74, 6) is 6.56. The maximum Gasteiger partial charge on any atom is 0.158 e. The van der Waals surface area contributed by atoms with Crippen LogP contribution in [0.3, 0.4) is 0 Å². The highest BCUT2D eigenvalue weighted by molar-refractivity contribution is 5.28. The van der Waals surface area contributed by atoms with Gasteiger partial charge in [0.15, 0.2) is 5.82 Å². The molecule has 1 aromatic heterocycles. The molecular formula is C13H16N4O2. The third-order valence-electron chi connectivity index (χ3n) is 2.34. The lowest BCUT2D eigenvalue weighted by Crippen LogP contribution is -2.10. The molecule has 0 spiro atoms. The van der Waals surface area contributed by atoms with Crippen LogP contribution < -0.4 is 16.0 Å². The second-order valence-corrected chi connectivity index (χ2v) is 3.75. The van der Waals surface area contributed by atoms with Gasteiger partial charge in [-0.2, -0.15) is 0 Å². The Morgan fingerprint density at radius 3 is 2.58 bits per heavy atom. The number of anilines is 1. The van der Waals surface area contributed by atoms with Crippen LogP contribution >= 0.6 is 0 Å². The minimum absolute atomic E-state index is 0.399. The van der Waals surface area contributed by atoms with Gasteiger partial charge >= 0.3 is 0 Å². The third kappa shape index (κ3) is 4.53. The summed E-state index contributed by atoms with van der Waals surface area (Å²) >= 11 is 0. The van der Waals surface area contributed by atoms with Crippen LogP contribution in [0.4, 0.5) is 5.82 Å². The first-order valence-electron chi connectivity index (χ1n) is 5.91. The van der Waals surface area contributed by atoms with Crippen molar-refractivity contribution in [3.8, 4) is 5.75 Å². The molecule has 0 unspecified atom stereocenters. The average molecular weight is 260 g/mol. The van der Waals surface area contributed by atoms with Crippen LogP contribution in [0.1, 0.15) is 5.69 Å². The van der Waals surface area contributed by atoms with E-state index in [9.17, 15) is 0 Å². The molecule has 100 valence electrons. The fourth-order valence-electron chi connectivity index (χ4n) is 1.42. The number of hydrogen-bond donors (Lipinski definition) is 2. The van der Waals surface area contributed by atoms with Crippen LogP contribution in [0.15, 0.2) is 42.7 Å². The van der Waals surface area contributed by atoms with Crippen molar-refractivity contribution in [2.24, 2.45) is 5.84 Å². The maximum atomic E-state index is 5.49. The molecule has 6 heteroatoms. The van der Waals surface area contributed by atoms with E-state index in [-0.39, 0.29) is 0 Å². The molecule has 0 fully saturated rings. The number of para-hydroxylation sites is 1. The number of rotatable bonds is 7. The molecule has 1 aromatic carbocycles. The lowest BCUT2D eigenvalue weighted by Gasteiger charge is -2.06. The van der Waals surface area contributed by atoms with Gasteiger partial charge in [-0.25, -0.2) is 10.8 Å². The van der Waals surface area contributed by atoms with Gasteiger partial charge in [-0.05, 0) is 12.1 Å². The van der Waals surface area contributed by atoms with Gasteiger partial charge in [-0.1, -0.05) is 18.2 Å². The largest absolute Gasteiger partial charge is 0.491 e. The lowest BCUT2D eigenvalue weighted by atomic mass is 10.3. The number of nitrogens with zero attached hydrogens (tertiary/aromatic N) is 2. The van der Waals surface area contributed by atoms with Crippen LogP contribution in [0.2, 0.25) is 0 Å². The van der Waals surface area contributed by atoms with Crippen LogP contribution in [-0.4, -0.2) is 23.2 Å². The predicted molar refractivity (Wildman–Crippen MR) is 71.4 cm³/mol. The summed E-state index contributed by atoms with van der Waals surface area (Å²) in [5.41, 5.74) is 3.16. The Bertz CT molecular complexity index is 476. The number of ether oxygens (including phenoxy) is 2. The standard InChI is InChI=1S/C13H16N4O2/c14-17-13-9-15-11(8-16-13)10-18-6-7-19-12-4-2-1-3-5-12/h1-5,8-9H,6-7,10,14H2,(H,16,17). The lowest BCUT2D eigenvalue weighted by molar-refractivity contribution is 0.0868. The van der Waals surface area contributed by atoms with Gasteiger partial charge in [-0.15, -0.1) is 0 Å². The summed E-state index contributed by atoms with van der Waals surface area (Å²) in [6.07, 6.45) is 3.17. The van der Waals surface area contributed by atoms with Crippen molar-refractivity contribution in [1.82, 2.24) is 9.97 Å². The first kappa shape index (κ1) is 13.3. The number of nitrogens with two attached hydrogens (primary N) is 1. The van der Waals surface area contributed by atoms with Gasteiger partial charge in [0.1, 0.15) is 12.4 Å². The molecular weight excluding hydrogens is 244 g/mol. The highest BCUT2D eigenvalue weighted by Crippen LogP contribution is 2.07. The van der Waals surface area contributed by atoms with Crippen molar-refractivity contribution in [2.75, 3.05) is 18.6 Å². The van der Waals surface area contributed by atoms with E-state index in [1.54, 1.807) is 12.4 Å². The van der Waals surface area contributed by atoms with Gasteiger partial charge in [0.25, 0.3) is 0 Å². The van der Waals surface area contributed by atoms with Crippen LogP contribution in [0, 0.1) is 0 Å². The molecule has 0 radical (unpaired) electrons. The van der Waals surface area contributed by atoms with Gasteiger partial charge in [0.2, 0.25) is 0 Å². The van der Waals surface area contributed by atoms with E-state index in [0.717, 1.165) is 11.4 Å². The van der Waals surface area contributed by atoms with Crippen molar-refractivity contribution < 1.29 is 9.47 Å². The Labute approximate surface area is 111 Å². The quantitative estimate of drug-likeness (QED) is 0.444. The molecule has 2 rings (SSSR count). The Morgan fingerprint density at radius 2 is 1.89 bits per heavy atom. The summed E-state index contributed by atoms with van der Waals surface area (Å²) in [6, 6.07) is 9.62. The zero-order valence-electron chi connectivity index (χ0n) is 10.5. The Hall–Kier alpha value is -2.18. The molecule has 0 atom stereocenters. The molecule has 0 aliphatic carbocycles. The number of aromatic nitrogens is 2. The van der Waals surface area contributed by atoms with Crippen LogP contribution in [0.25, 0.3) is 0 Å². The first-order chi connectivity index (χ1) is 9.38. The highest BCUT2D eigenvalue weighted by Gasteiger charge is 1.97. The van der Waals surface area contributed by atoms with E-state index in [4.69, 9.17) is 15.3 Å². The fourth-order valence-corrected chi connectivity index (χ4v) is 1.42. The SMILES string of the molecule is NNc1cnc(COCCOc2ccccc2)cn1. The molecule has 6 nitrogen and oxygen atoms in total. The number of hydrazine groups is 1. The van der Waals surface area contributed by atoms with Crippen molar-refractivity contribution in [1.29, 1.82) is 0 Å². The molecule has 0 aliphatic rings. The molecule has 1 heterocycles. The summed E-state index contributed by atoms with van der Waals surface area (Å²) < 4.78 is 10.9. The summed E-state index contributed by atoms with van der Waals surface area (Å²) in [5, 5.41) is 0. The second-order valence-electron chi connectivity index (χ2n) is 3.75. The van der Waals surface area contributed by atoms with Crippen molar-refractivity contribution in [2.45, 2.75) is 6.61 Å². The predicted octanol–water partition coefficient (Wildman–Crippen LogP) is 1.36. The monoisotopic (exact) mass is 260 g/mol. The van der Waals surface area contributed by atoms with Crippen LogP contribution in [0.5, 0.6) is 5.75 Å². The Morgan fingerprint density at radius 1 is 1.05 bits per heavy atom. The van der Waals surface area contributed by atoms with E-state index in [1.165, 1.54) is 0 Å². The molecule has 0 bridgehead atoms. The minimum atomic E-state index is 0.399. The van der Waals surface area contributed by atoms with E-state index < -0.39 is 0 Å². The molecule has 2 aromatic rings. The van der Waals surface area contributed by atoms with Crippen molar-refractivity contribution >= 4 is 5.82 Å². The second kappa shape index (κ2) is 7.30. The Kier molecular flexibility index (Phi) is 5.09. The van der Waals surface area contributed by atoms with Gasteiger partial charge in [0.05, 0.1) is 31.3 Å². The normalized spacial score (nSPS) is 10.2. The van der Waals surface area contributed by atoms with E-state index in [0.29, 0.717) is 25.6 Å². The molecule has 3 N–H and O–H groups in total. The molecule has 0 saturated heterocycles. The summed E-state index contributed by atoms with van der Waals surface area (Å²) in [7, 11) is 0. The number of hydrogen-bond acceptors (Lipinski definition) is 6. The fraction of sp³-hybridized carbons (Fsp3) is 0.231. The van der Waals surface area contributed by atoms with Gasteiger partial charge in [-0.3, -0.25) is 4.98 Å². The topological polar surface area (TPSA) is 82.3 Å². The average Bonchev–Trinajstić information content (AvgIpc) is 2.49. The maximum absolute atomic E-state index is 5.49. The summed E-state index contributed by atoms with van der Waals surface area (Å²) in [4.78, 5) is 8.17. The first-order valence-corrected chi connectivity index (χ1v) is 5.91. The number of benzene rings is 1.